The van der Waals surface area contributed by atoms with Crippen molar-refractivity contribution in [3.63, 3.8) is 0 Å². The summed E-state index contributed by atoms with van der Waals surface area (Å²) in [6.07, 6.45) is 0. The molecule has 9 rings (SSSR count). The van der Waals surface area contributed by atoms with Gasteiger partial charge in [-0.05, 0) is 82.9 Å². The number of anilines is 3. The van der Waals surface area contributed by atoms with Crippen LogP contribution in [0.25, 0.3) is 52.1 Å². The number of thiazole rings is 1. The van der Waals surface area contributed by atoms with Crippen LogP contribution in [0.4, 0.5) is 17.1 Å². The van der Waals surface area contributed by atoms with Gasteiger partial charge in [0, 0.05) is 48.2 Å². The average Bonchev–Trinajstić information content (AvgIpc) is 3.72. The highest BCUT2D eigenvalue weighted by Crippen LogP contribution is 2.52. The first-order valence-corrected chi connectivity index (χ1v) is 16.6. The summed E-state index contributed by atoms with van der Waals surface area (Å²) in [5.74, 6) is 0. The number of hydrogen-bond acceptors (Lipinski definition) is 4. The fourth-order valence-electron chi connectivity index (χ4n) is 6.86. The van der Waals surface area contributed by atoms with Crippen molar-refractivity contribution in [2.24, 2.45) is 0 Å². The molecule has 1 aliphatic carbocycles. The van der Waals surface area contributed by atoms with Crippen molar-refractivity contribution in [2.45, 2.75) is 19.3 Å². The third kappa shape index (κ3) is 3.88. The summed E-state index contributed by atoms with van der Waals surface area (Å²) in [6.45, 7) is 4.71. The van der Waals surface area contributed by atoms with Crippen LogP contribution < -0.4 is 4.90 Å². The SMILES string of the molecule is CC1(C)c2cc(N(c3ccccc3)c3ccc4sc5ccccc5c4c3)ccc2-c2cc3sc(-c4ccccc4)nc3cc21. The zero-order chi connectivity index (χ0) is 29.4. The molecule has 0 N–H and O–H groups in total. The molecule has 2 nitrogen and oxygen atoms in total. The fraction of sp³-hybridized carbons (Fsp3) is 0.0750. The maximum atomic E-state index is 5.07. The summed E-state index contributed by atoms with van der Waals surface area (Å²) >= 11 is 3.64. The van der Waals surface area contributed by atoms with Crippen LogP contribution in [0.5, 0.6) is 0 Å². The molecule has 210 valence electrons. The van der Waals surface area contributed by atoms with Gasteiger partial charge >= 0.3 is 0 Å². The van der Waals surface area contributed by atoms with Crippen LogP contribution >= 0.6 is 22.7 Å². The van der Waals surface area contributed by atoms with Crippen molar-refractivity contribution in [2.75, 3.05) is 4.90 Å². The van der Waals surface area contributed by atoms with Gasteiger partial charge in [-0.2, -0.15) is 0 Å². The summed E-state index contributed by atoms with van der Waals surface area (Å²) in [5.41, 5.74) is 10.9. The lowest BCUT2D eigenvalue weighted by Crippen LogP contribution is -2.16. The Morgan fingerprint density at radius 1 is 0.523 bits per heavy atom. The third-order valence-corrected chi connectivity index (χ3v) is 11.3. The molecule has 0 spiro atoms. The van der Waals surface area contributed by atoms with Crippen molar-refractivity contribution in [3.05, 3.63) is 145 Å². The molecule has 1 aliphatic rings. The van der Waals surface area contributed by atoms with E-state index in [-0.39, 0.29) is 5.41 Å². The number of hydrogen-bond donors (Lipinski definition) is 0. The Morgan fingerprint density at radius 3 is 2.05 bits per heavy atom. The van der Waals surface area contributed by atoms with E-state index >= 15 is 0 Å². The van der Waals surface area contributed by atoms with Crippen LogP contribution in [0.3, 0.4) is 0 Å². The van der Waals surface area contributed by atoms with Gasteiger partial charge in [0.1, 0.15) is 5.01 Å². The molecule has 0 aliphatic heterocycles. The van der Waals surface area contributed by atoms with Gasteiger partial charge in [0.25, 0.3) is 0 Å². The molecule has 6 aromatic carbocycles. The Balaban J connectivity index is 1.19. The summed E-state index contributed by atoms with van der Waals surface area (Å²) in [6, 6.07) is 48.6. The van der Waals surface area contributed by atoms with Gasteiger partial charge in [-0.25, -0.2) is 4.98 Å². The van der Waals surface area contributed by atoms with Gasteiger partial charge in [-0.15, -0.1) is 22.7 Å². The van der Waals surface area contributed by atoms with Gasteiger partial charge in [-0.3, -0.25) is 0 Å². The van der Waals surface area contributed by atoms with Gasteiger partial charge in [0.05, 0.1) is 10.2 Å². The highest BCUT2D eigenvalue weighted by molar-refractivity contribution is 7.25. The van der Waals surface area contributed by atoms with Gasteiger partial charge < -0.3 is 4.90 Å². The molecule has 2 aromatic heterocycles. The molecule has 44 heavy (non-hydrogen) atoms. The third-order valence-electron chi connectivity index (χ3n) is 9.08. The number of aromatic nitrogens is 1. The van der Waals surface area contributed by atoms with Gasteiger partial charge in [-0.1, -0.05) is 86.6 Å². The number of benzene rings is 6. The number of fused-ring (bicyclic) bond motifs is 7. The molecule has 8 aromatic rings. The lowest BCUT2D eigenvalue weighted by Gasteiger charge is -2.28. The Labute approximate surface area is 264 Å². The molecule has 0 unspecified atom stereocenters. The second-order valence-electron chi connectivity index (χ2n) is 12.1. The molecular formula is C40H28N2S2. The van der Waals surface area contributed by atoms with Crippen molar-refractivity contribution >= 4 is 70.1 Å². The topological polar surface area (TPSA) is 16.1 Å². The summed E-state index contributed by atoms with van der Waals surface area (Å²) < 4.78 is 3.88. The smallest absolute Gasteiger partial charge is 0.124 e. The lowest BCUT2D eigenvalue weighted by atomic mass is 9.82. The largest absolute Gasteiger partial charge is 0.310 e. The predicted molar refractivity (Wildman–Crippen MR) is 190 cm³/mol. The van der Waals surface area contributed by atoms with E-state index < -0.39 is 0 Å². The molecule has 0 amide bonds. The Bertz CT molecular complexity index is 2360. The minimum absolute atomic E-state index is 0.152. The molecule has 0 fully saturated rings. The molecule has 0 bridgehead atoms. The minimum atomic E-state index is -0.152. The average molecular weight is 601 g/mol. The van der Waals surface area contributed by atoms with Gasteiger partial charge in [0.15, 0.2) is 0 Å². The predicted octanol–water partition coefficient (Wildman–Crippen LogP) is 12.1. The molecule has 0 saturated heterocycles. The van der Waals surface area contributed by atoms with E-state index in [0.29, 0.717) is 0 Å². The molecule has 0 atom stereocenters. The normalized spacial score (nSPS) is 13.4. The van der Waals surface area contributed by atoms with Gasteiger partial charge in [0.2, 0.25) is 0 Å². The maximum absolute atomic E-state index is 5.07. The number of rotatable bonds is 4. The Hall–Kier alpha value is -4.77. The number of nitrogens with zero attached hydrogens (tertiary/aromatic N) is 2. The molecular weight excluding hydrogens is 573 g/mol. The second kappa shape index (κ2) is 9.62. The molecule has 0 saturated carbocycles. The van der Waals surface area contributed by atoms with Crippen LogP contribution in [0.2, 0.25) is 0 Å². The second-order valence-corrected chi connectivity index (χ2v) is 14.2. The monoisotopic (exact) mass is 600 g/mol. The van der Waals surface area contributed by atoms with Crippen LogP contribution in [-0.2, 0) is 5.41 Å². The van der Waals surface area contributed by atoms with Crippen LogP contribution in [0.1, 0.15) is 25.0 Å². The number of para-hydroxylation sites is 1. The first-order chi connectivity index (χ1) is 21.5. The first-order valence-electron chi connectivity index (χ1n) is 15.0. The van der Waals surface area contributed by atoms with Crippen molar-refractivity contribution in [1.82, 2.24) is 4.98 Å². The van der Waals surface area contributed by atoms with Crippen molar-refractivity contribution in [1.29, 1.82) is 0 Å². The maximum Gasteiger partial charge on any atom is 0.124 e. The zero-order valence-electron chi connectivity index (χ0n) is 24.4. The van der Waals surface area contributed by atoms with Crippen LogP contribution in [-0.4, -0.2) is 4.98 Å². The standard InChI is InChI=1S/C40H28N2S2/c1-40(2)33-22-28(17-19-29(33)31-23-38-35(24-34(31)40)41-39(44-38)25-11-5-3-6-12-25)42(26-13-7-4-8-14-26)27-18-20-37-32(21-27)30-15-9-10-16-36(30)43-37/h3-24H,1-2H3. The minimum Gasteiger partial charge on any atom is -0.310 e. The summed E-state index contributed by atoms with van der Waals surface area (Å²) in [4.78, 5) is 7.47. The Morgan fingerprint density at radius 2 is 1.20 bits per heavy atom. The van der Waals surface area contributed by atoms with E-state index in [1.54, 1.807) is 11.3 Å². The van der Waals surface area contributed by atoms with Crippen molar-refractivity contribution < 1.29 is 0 Å². The lowest BCUT2D eigenvalue weighted by molar-refractivity contribution is 0.661. The first kappa shape index (κ1) is 25.7. The van der Waals surface area contributed by atoms with Crippen LogP contribution in [0.15, 0.2) is 133 Å². The molecule has 0 radical (unpaired) electrons. The fourth-order valence-corrected chi connectivity index (χ4v) is 8.94. The van der Waals surface area contributed by atoms with E-state index in [2.05, 4.69) is 152 Å². The highest BCUT2D eigenvalue weighted by Gasteiger charge is 2.37. The number of thiophene rings is 1. The highest BCUT2D eigenvalue weighted by atomic mass is 32.1. The van der Waals surface area contributed by atoms with Crippen LogP contribution in [0, 0.1) is 0 Å². The quantitative estimate of drug-likeness (QED) is 0.200. The van der Waals surface area contributed by atoms with E-state index in [1.807, 2.05) is 11.3 Å². The van der Waals surface area contributed by atoms with Crippen molar-refractivity contribution in [3.8, 4) is 21.7 Å². The molecule has 2 heterocycles. The van der Waals surface area contributed by atoms with E-state index in [1.165, 1.54) is 64.1 Å². The van der Waals surface area contributed by atoms with E-state index in [9.17, 15) is 0 Å². The van der Waals surface area contributed by atoms with E-state index in [0.717, 1.165) is 16.2 Å². The summed E-state index contributed by atoms with van der Waals surface area (Å²) in [7, 11) is 0. The summed E-state index contributed by atoms with van der Waals surface area (Å²) in [5, 5.41) is 3.70. The molecule has 4 heteroatoms. The Kier molecular flexibility index (Phi) is 5.62. The zero-order valence-corrected chi connectivity index (χ0v) is 26.0. The van der Waals surface area contributed by atoms with E-state index in [4.69, 9.17) is 4.98 Å².